The van der Waals surface area contributed by atoms with Gasteiger partial charge in [-0.3, -0.25) is 0 Å². The summed E-state index contributed by atoms with van der Waals surface area (Å²) in [4.78, 5) is 8.71. The van der Waals surface area contributed by atoms with Gasteiger partial charge in [-0.2, -0.15) is 0 Å². The summed E-state index contributed by atoms with van der Waals surface area (Å²) in [5.41, 5.74) is 1.04. The van der Waals surface area contributed by atoms with Crippen LogP contribution in [0.2, 0.25) is 0 Å². The second kappa shape index (κ2) is 4.62. The second-order valence-corrected chi connectivity index (χ2v) is 3.91. The maximum atomic E-state index is 8.71. The first-order valence-electron chi connectivity index (χ1n) is 3.18. The molecule has 0 bridgehead atoms. The minimum Gasteiger partial charge on any atom is -0.347 e. The van der Waals surface area contributed by atoms with Crippen LogP contribution >= 0.6 is 7.15 Å². The van der Waals surface area contributed by atoms with Crippen molar-refractivity contribution in [3.05, 3.63) is 35.9 Å². The Labute approximate surface area is 71.4 Å². The Morgan fingerprint density at radius 1 is 1.36 bits per heavy atom. The van der Waals surface area contributed by atoms with Gasteiger partial charge in [0.1, 0.15) is 0 Å². The lowest BCUT2D eigenvalue weighted by Crippen LogP contribution is -1.83. The van der Waals surface area contributed by atoms with Crippen LogP contribution in [0.4, 0.5) is 0 Å². The third-order valence-electron chi connectivity index (χ3n) is 1.21. The Morgan fingerprint density at radius 3 is 2.55 bits per heavy atom. The predicted molar refractivity (Wildman–Crippen MR) is 49.1 cm³/mol. The van der Waals surface area contributed by atoms with E-state index in [4.69, 9.17) is 9.42 Å². The molecule has 0 aliphatic rings. The summed E-state index contributed by atoms with van der Waals surface area (Å²) in [5, 5.41) is 0. The van der Waals surface area contributed by atoms with Crippen LogP contribution in [-0.2, 0) is 22.9 Å². The van der Waals surface area contributed by atoms with Crippen molar-refractivity contribution in [2.75, 3.05) is 0 Å². The second-order valence-electron chi connectivity index (χ2n) is 2.04. The number of hydrogen-bond acceptors (Lipinski definition) is 2. The van der Waals surface area contributed by atoms with E-state index in [1.54, 1.807) is 0 Å². The zero-order valence-electron chi connectivity index (χ0n) is 5.86. The van der Waals surface area contributed by atoms with E-state index in [1.165, 1.54) is 0 Å². The van der Waals surface area contributed by atoms with E-state index in [9.17, 15) is 0 Å². The highest BCUT2D eigenvalue weighted by molar-refractivity contribution is 8.00. The molecule has 0 aliphatic carbocycles. The van der Waals surface area contributed by atoms with Gasteiger partial charge in [0.2, 0.25) is 0 Å². The van der Waals surface area contributed by atoms with Crippen molar-refractivity contribution < 1.29 is 9.42 Å². The number of rotatable bonds is 3. The Hall–Kier alpha value is -0.210. The van der Waals surface area contributed by atoms with Crippen molar-refractivity contribution in [2.45, 2.75) is 6.61 Å². The third-order valence-corrected chi connectivity index (χ3v) is 1.95. The summed E-state index contributed by atoms with van der Waals surface area (Å²) in [6.07, 6.45) is 0. The van der Waals surface area contributed by atoms with Crippen LogP contribution in [0.1, 0.15) is 5.56 Å². The maximum absolute atomic E-state index is 8.71. The summed E-state index contributed by atoms with van der Waals surface area (Å²) in [5.74, 6) is 0. The molecule has 0 spiro atoms. The average Bonchev–Trinajstić information content (AvgIpc) is 2.03. The summed E-state index contributed by atoms with van der Waals surface area (Å²) in [6, 6.07) is 9.64. The first-order valence-corrected chi connectivity index (χ1v) is 5.67. The first-order chi connectivity index (χ1) is 5.29. The minimum atomic E-state index is -1.95. The highest BCUT2D eigenvalue weighted by Gasteiger charge is 1.90. The lowest BCUT2D eigenvalue weighted by atomic mass is 10.2. The van der Waals surface area contributed by atoms with Crippen molar-refractivity contribution in [1.29, 1.82) is 0 Å². The fourth-order valence-electron chi connectivity index (χ4n) is 0.719. The lowest BCUT2D eigenvalue weighted by molar-refractivity contribution is 0.314. The van der Waals surface area contributed by atoms with Crippen molar-refractivity contribution in [3.63, 3.8) is 0 Å². The molecule has 2 nitrogen and oxygen atoms in total. The summed E-state index contributed by atoms with van der Waals surface area (Å²) >= 11 is 4.51. The Kier molecular flexibility index (Phi) is 3.73. The van der Waals surface area contributed by atoms with Gasteiger partial charge in [0, 0.05) is 0 Å². The van der Waals surface area contributed by atoms with Gasteiger partial charge < -0.3 is 9.42 Å². The van der Waals surface area contributed by atoms with Gasteiger partial charge in [0.25, 0.3) is 0 Å². The molecule has 1 atom stereocenters. The van der Waals surface area contributed by atoms with Crippen molar-refractivity contribution in [1.82, 2.24) is 0 Å². The molecule has 60 valence electrons. The molecule has 11 heavy (non-hydrogen) atoms. The van der Waals surface area contributed by atoms with Gasteiger partial charge in [0.05, 0.1) is 6.61 Å². The van der Waals surface area contributed by atoms with Gasteiger partial charge in [0.15, 0.2) is 7.15 Å². The van der Waals surface area contributed by atoms with Crippen LogP contribution in [0, 0.1) is 0 Å². The molecular weight excluding hydrogens is 179 g/mol. The van der Waals surface area contributed by atoms with Crippen LogP contribution in [-0.4, -0.2) is 4.89 Å². The topological polar surface area (TPSA) is 29.5 Å². The molecule has 1 rings (SSSR count). The fraction of sp³-hybridized carbons (Fsp3) is 0.143. The van der Waals surface area contributed by atoms with Crippen LogP contribution < -0.4 is 0 Å². The van der Waals surface area contributed by atoms with Gasteiger partial charge in [-0.15, -0.1) is 0 Å². The predicted octanol–water partition coefficient (Wildman–Crippen LogP) is 1.70. The Morgan fingerprint density at radius 2 is 2.00 bits per heavy atom. The highest BCUT2D eigenvalue weighted by Crippen LogP contribution is 2.17. The van der Waals surface area contributed by atoms with E-state index in [1.807, 2.05) is 30.3 Å². The van der Waals surface area contributed by atoms with E-state index in [2.05, 4.69) is 11.8 Å². The normalized spacial score (nSPS) is 12.8. The zero-order chi connectivity index (χ0) is 8.10. The molecule has 0 fully saturated rings. The van der Waals surface area contributed by atoms with Crippen LogP contribution in [0.5, 0.6) is 0 Å². The molecule has 1 aromatic carbocycles. The molecule has 1 N–H and O–H groups in total. The van der Waals surface area contributed by atoms with Crippen molar-refractivity contribution >= 4 is 19.0 Å². The van der Waals surface area contributed by atoms with Crippen LogP contribution in [0.25, 0.3) is 0 Å². The van der Waals surface area contributed by atoms with Gasteiger partial charge in [-0.25, -0.2) is 0 Å². The van der Waals surface area contributed by atoms with Crippen molar-refractivity contribution in [2.24, 2.45) is 0 Å². The molecule has 0 radical (unpaired) electrons. The van der Waals surface area contributed by atoms with E-state index in [0.717, 1.165) is 5.56 Å². The molecule has 0 aromatic heterocycles. The lowest BCUT2D eigenvalue weighted by Gasteiger charge is -2.00. The summed E-state index contributed by atoms with van der Waals surface area (Å²) in [6.45, 7) is 0.412. The van der Waals surface area contributed by atoms with E-state index >= 15 is 0 Å². The molecule has 1 aromatic rings. The van der Waals surface area contributed by atoms with Crippen molar-refractivity contribution in [3.8, 4) is 0 Å². The number of benzene rings is 1. The quantitative estimate of drug-likeness (QED) is 0.732. The van der Waals surface area contributed by atoms with Crippen LogP contribution in [0.3, 0.4) is 0 Å². The largest absolute Gasteiger partial charge is 0.347 e. The molecule has 0 amide bonds. The molecule has 0 saturated heterocycles. The summed E-state index contributed by atoms with van der Waals surface area (Å²) in [7, 11) is -1.95. The highest BCUT2D eigenvalue weighted by atomic mass is 32.4. The molecule has 0 saturated carbocycles. The standard InChI is InChI=1S/C7H9O2PS/c8-10(11)9-6-7-4-2-1-3-5-7/h1-5,10H,6H2,(H,8,11). The molecular formula is C7H9O2PS. The van der Waals surface area contributed by atoms with Gasteiger partial charge in [-0.1, -0.05) is 30.3 Å². The van der Waals surface area contributed by atoms with Gasteiger partial charge >= 0.3 is 0 Å². The monoisotopic (exact) mass is 188 g/mol. The minimum absolute atomic E-state index is 0.412. The van der Waals surface area contributed by atoms with Gasteiger partial charge in [-0.05, 0) is 17.4 Å². The van der Waals surface area contributed by atoms with E-state index in [0.29, 0.717) is 6.61 Å². The van der Waals surface area contributed by atoms with Crippen LogP contribution in [0.15, 0.2) is 30.3 Å². The first kappa shape index (κ1) is 8.88. The SMILES string of the molecule is O[PH](=S)OCc1ccccc1. The van der Waals surface area contributed by atoms with E-state index in [-0.39, 0.29) is 0 Å². The molecule has 1 unspecified atom stereocenters. The summed E-state index contributed by atoms with van der Waals surface area (Å²) < 4.78 is 4.90. The maximum Gasteiger partial charge on any atom is 0.173 e. The molecule has 0 aliphatic heterocycles. The smallest absolute Gasteiger partial charge is 0.173 e. The van der Waals surface area contributed by atoms with E-state index < -0.39 is 7.15 Å². The number of hydrogen-bond donors (Lipinski definition) is 1. The molecule has 0 heterocycles. The third kappa shape index (κ3) is 3.63. The molecule has 4 heteroatoms. The average molecular weight is 188 g/mol. The zero-order valence-corrected chi connectivity index (χ0v) is 7.67. The fourth-order valence-corrected chi connectivity index (χ4v) is 1.19. The Balaban J connectivity index is 2.45. The Bertz CT molecular complexity index is 237.